The number of anilines is 1. The van der Waals surface area contributed by atoms with E-state index >= 15 is 0 Å². The van der Waals surface area contributed by atoms with Crippen molar-refractivity contribution in [3.8, 4) is 5.75 Å². The zero-order valence-electron chi connectivity index (χ0n) is 19.7. The van der Waals surface area contributed by atoms with Crippen LogP contribution in [0.15, 0.2) is 30.3 Å². The molecule has 1 amide bonds. The predicted molar refractivity (Wildman–Crippen MR) is 126 cm³/mol. The summed E-state index contributed by atoms with van der Waals surface area (Å²) in [5.41, 5.74) is 5.21. The molecule has 0 spiro atoms. The van der Waals surface area contributed by atoms with Crippen LogP contribution >= 0.6 is 0 Å². The first kappa shape index (κ1) is 24.7. The number of benzene rings is 2. The molecule has 2 rings (SSSR count). The second-order valence-electron chi connectivity index (χ2n) is 8.40. The molecule has 1 atom stereocenters. The van der Waals surface area contributed by atoms with E-state index in [0.717, 1.165) is 39.8 Å². The Morgan fingerprint density at radius 1 is 1.03 bits per heavy atom. The molecule has 2 aromatic carbocycles. The third kappa shape index (κ3) is 5.79. The Bertz CT molecular complexity index is 1040. The summed E-state index contributed by atoms with van der Waals surface area (Å²) in [5, 5.41) is 2.97. The number of sulfonamides is 1. The van der Waals surface area contributed by atoms with Crippen molar-refractivity contribution >= 4 is 21.6 Å². The summed E-state index contributed by atoms with van der Waals surface area (Å²) in [4.78, 5) is 12.9. The van der Waals surface area contributed by atoms with E-state index in [-0.39, 0.29) is 24.4 Å². The standard InChI is InChI=1S/C24H34N2O4S/c1-15(2)20-13-21(18(5)12-22(20)30-7)19(6)25-23(27)14-26(31(8,28)29)24-16(3)10-9-11-17(24)4/h9-13,15,19H,14H2,1-8H3,(H,25,27). The molecule has 0 saturated carbocycles. The van der Waals surface area contributed by atoms with Crippen LogP contribution in [0.2, 0.25) is 0 Å². The molecule has 1 N–H and O–H groups in total. The second kappa shape index (κ2) is 9.73. The van der Waals surface area contributed by atoms with Gasteiger partial charge in [0.2, 0.25) is 15.9 Å². The number of methoxy groups -OCH3 is 1. The minimum absolute atomic E-state index is 0.266. The third-order valence-electron chi connectivity index (χ3n) is 5.46. The van der Waals surface area contributed by atoms with Crippen molar-refractivity contribution in [2.75, 3.05) is 24.2 Å². The summed E-state index contributed by atoms with van der Waals surface area (Å²) in [6.45, 7) is 11.5. The number of rotatable bonds is 8. The number of hydrogen-bond acceptors (Lipinski definition) is 4. The third-order valence-corrected chi connectivity index (χ3v) is 6.57. The van der Waals surface area contributed by atoms with Crippen molar-refractivity contribution in [3.05, 3.63) is 58.1 Å². The smallest absolute Gasteiger partial charge is 0.241 e. The summed E-state index contributed by atoms with van der Waals surface area (Å²) in [6.07, 6.45) is 1.12. The summed E-state index contributed by atoms with van der Waals surface area (Å²) in [7, 11) is -1.99. The van der Waals surface area contributed by atoms with Crippen LogP contribution < -0.4 is 14.4 Å². The van der Waals surface area contributed by atoms with Gasteiger partial charge in [0.15, 0.2) is 0 Å². The van der Waals surface area contributed by atoms with E-state index in [4.69, 9.17) is 4.74 Å². The quantitative estimate of drug-likeness (QED) is 0.653. The number of hydrogen-bond donors (Lipinski definition) is 1. The molecule has 0 heterocycles. The maximum absolute atomic E-state index is 12.9. The fourth-order valence-corrected chi connectivity index (χ4v) is 4.84. The topological polar surface area (TPSA) is 75.7 Å². The van der Waals surface area contributed by atoms with Gasteiger partial charge in [-0.25, -0.2) is 8.42 Å². The molecule has 31 heavy (non-hydrogen) atoms. The minimum Gasteiger partial charge on any atom is -0.496 e. The second-order valence-corrected chi connectivity index (χ2v) is 10.3. The Labute approximate surface area is 186 Å². The van der Waals surface area contributed by atoms with Gasteiger partial charge in [-0.2, -0.15) is 0 Å². The Kier molecular flexibility index (Phi) is 7.76. The SMILES string of the molecule is COc1cc(C)c(C(C)NC(=O)CN(c2c(C)cccc2C)S(C)(=O)=O)cc1C(C)C. The van der Waals surface area contributed by atoms with Gasteiger partial charge in [-0.15, -0.1) is 0 Å². The van der Waals surface area contributed by atoms with E-state index < -0.39 is 10.0 Å². The van der Waals surface area contributed by atoms with Crippen LogP contribution in [0, 0.1) is 20.8 Å². The van der Waals surface area contributed by atoms with Crippen molar-refractivity contribution in [3.63, 3.8) is 0 Å². The summed E-state index contributed by atoms with van der Waals surface area (Å²) in [5.74, 6) is 0.733. The van der Waals surface area contributed by atoms with E-state index in [1.807, 2.05) is 52.0 Å². The van der Waals surface area contributed by atoms with Gasteiger partial charge in [-0.1, -0.05) is 32.0 Å². The fourth-order valence-electron chi connectivity index (χ4n) is 3.87. The van der Waals surface area contributed by atoms with Gasteiger partial charge in [-0.3, -0.25) is 9.10 Å². The van der Waals surface area contributed by atoms with Crippen LogP contribution in [0.1, 0.15) is 60.5 Å². The van der Waals surface area contributed by atoms with Crippen molar-refractivity contribution in [2.24, 2.45) is 0 Å². The number of carbonyl (C=O) groups is 1. The van der Waals surface area contributed by atoms with Crippen molar-refractivity contribution < 1.29 is 17.9 Å². The molecule has 1 unspecified atom stereocenters. The Morgan fingerprint density at radius 2 is 1.61 bits per heavy atom. The van der Waals surface area contributed by atoms with Crippen molar-refractivity contribution in [1.82, 2.24) is 5.32 Å². The van der Waals surface area contributed by atoms with Gasteiger partial charge in [0, 0.05) is 0 Å². The lowest BCUT2D eigenvalue weighted by molar-refractivity contribution is -0.120. The van der Waals surface area contributed by atoms with Gasteiger partial charge in [0.05, 0.1) is 25.1 Å². The highest BCUT2D eigenvalue weighted by Crippen LogP contribution is 2.32. The van der Waals surface area contributed by atoms with E-state index in [2.05, 4.69) is 25.2 Å². The molecule has 0 aliphatic rings. The Hall–Kier alpha value is -2.54. The van der Waals surface area contributed by atoms with Gasteiger partial charge in [0.25, 0.3) is 0 Å². The number of aryl methyl sites for hydroxylation is 3. The first-order valence-corrected chi connectivity index (χ1v) is 12.2. The maximum Gasteiger partial charge on any atom is 0.241 e. The molecule has 0 aliphatic heterocycles. The van der Waals surface area contributed by atoms with Crippen LogP contribution in [-0.4, -0.2) is 34.2 Å². The lowest BCUT2D eigenvalue weighted by Crippen LogP contribution is -2.41. The lowest BCUT2D eigenvalue weighted by Gasteiger charge is -2.27. The largest absolute Gasteiger partial charge is 0.496 e. The average Bonchev–Trinajstić information content (AvgIpc) is 2.65. The monoisotopic (exact) mass is 446 g/mol. The molecule has 0 saturated heterocycles. The van der Waals surface area contributed by atoms with Crippen LogP contribution in [0.4, 0.5) is 5.69 Å². The van der Waals surface area contributed by atoms with Crippen molar-refractivity contribution in [1.29, 1.82) is 0 Å². The zero-order valence-corrected chi connectivity index (χ0v) is 20.6. The van der Waals surface area contributed by atoms with Gasteiger partial charge in [-0.05, 0) is 73.6 Å². The van der Waals surface area contributed by atoms with Crippen LogP contribution in [-0.2, 0) is 14.8 Å². The van der Waals surface area contributed by atoms with E-state index in [1.165, 1.54) is 4.31 Å². The Morgan fingerprint density at radius 3 is 2.10 bits per heavy atom. The molecule has 0 aliphatic carbocycles. The average molecular weight is 447 g/mol. The van der Waals surface area contributed by atoms with Crippen LogP contribution in [0.3, 0.4) is 0 Å². The summed E-state index contributed by atoms with van der Waals surface area (Å²) in [6, 6.07) is 9.31. The van der Waals surface area contributed by atoms with Gasteiger partial charge in [0.1, 0.15) is 12.3 Å². The summed E-state index contributed by atoms with van der Waals surface area (Å²) >= 11 is 0. The number of nitrogens with one attached hydrogen (secondary N) is 1. The molecular formula is C24H34N2O4S. The molecule has 6 nitrogen and oxygen atoms in total. The summed E-state index contributed by atoms with van der Waals surface area (Å²) < 4.78 is 31.7. The molecule has 170 valence electrons. The molecule has 7 heteroatoms. The number of ether oxygens (including phenoxy) is 1. The Balaban J connectivity index is 2.31. The molecule has 0 bridgehead atoms. The minimum atomic E-state index is -3.64. The van der Waals surface area contributed by atoms with E-state index in [0.29, 0.717) is 5.69 Å². The first-order valence-electron chi connectivity index (χ1n) is 10.4. The molecule has 0 radical (unpaired) electrons. The van der Waals surface area contributed by atoms with E-state index in [9.17, 15) is 13.2 Å². The fraction of sp³-hybridized carbons (Fsp3) is 0.458. The first-order chi connectivity index (χ1) is 14.4. The van der Waals surface area contributed by atoms with Crippen LogP contribution in [0.25, 0.3) is 0 Å². The molecular weight excluding hydrogens is 412 g/mol. The van der Waals surface area contributed by atoms with Crippen LogP contribution in [0.5, 0.6) is 5.75 Å². The number of amides is 1. The molecule has 0 aromatic heterocycles. The number of nitrogens with zero attached hydrogens (tertiary/aromatic N) is 1. The lowest BCUT2D eigenvalue weighted by atomic mass is 9.93. The van der Waals surface area contributed by atoms with Gasteiger partial charge >= 0.3 is 0 Å². The highest BCUT2D eigenvalue weighted by molar-refractivity contribution is 7.92. The van der Waals surface area contributed by atoms with E-state index in [1.54, 1.807) is 7.11 Å². The number of carbonyl (C=O) groups excluding carboxylic acids is 1. The molecule has 0 fully saturated rings. The molecule has 2 aromatic rings. The predicted octanol–water partition coefficient (Wildman–Crippen LogP) is 4.39. The zero-order chi connectivity index (χ0) is 23.5. The highest BCUT2D eigenvalue weighted by Gasteiger charge is 2.25. The normalized spacial score (nSPS) is 12.5. The van der Waals surface area contributed by atoms with Crippen molar-refractivity contribution in [2.45, 2.75) is 53.5 Å². The van der Waals surface area contributed by atoms with Gasteiger partial charge < -0.3 is 10.1 Å². The number of para-hydroxylation sites is 1. The maximum atomic E-state index is 12.9. The highest BCUT2D eigenvalue weighted by atomic mass is 32.2.